The van der Waals surface area contributed by atoms with E-state index in [2.05, 4.69) is 12.1 Å². The number of ether oxygens (including phenoxy) is 1. The summed E-state index contributed by atoms with van der Waals surface area (Å²) >= 11 is 0. The van der Waals surface area contributed by atoms with Crippen LogP contribution in [0, 0.1) is 0 Å². The molecule has 0 aliphatic heterocycles. The van der Waals surface area contributed by atoms with Crippen LogP contribution in [0.1, 0.15) is 55.1 Å². The number of aryl methyl sites for hydroxylation is 1. The fraction of sp³-hybridized carbons (Fsp3) is 0.286. The second kappa shape index (κ2) is 13.7. The second-order valence-electron chi connectivity index (χ2n) is 7.31. The molecule has 5 nitrogen and oxygen atoms in total. The molecule has 3 aromatic carbocycles. The van der Waals surface area contributed by atoms with Gasteiger partial charge >= 0.3 is 5.97 Å². The smallest absolute Gasteiger partial charge is 0.339 e. The van der Waals surface area contributed by atoms with Crippen molar-refractivity contribution in [2.24, 2.45) is 0 Å². The minimum Gasteiger partial charge on any atom is -0.478 e. The molecule has 33 heavy (non-hydrogen) atoms. The number of carbonyl (C=O) groups is 2. The summed E-state index contributed by atoms with van der Waals surface area (Å²) in [6, 6.07) is 24.2. The zero-order valence-electron chi connectivity index (χ0n) is 19.7. The quantitative estimate of drug-likeness (QED) is 0.381. The Labute approximate surface area is 196 Å². The lowest BCUT2D eigenvalue weighted by Gasteiger charge is -2.22. The Bertz CT molecular complexity index is 1000. The largest absolute Gasteiger partial charge is 0.478 e. The van der Waals surface area contributed by atoms with Crippen molar-refractivity contribution >= 4 is 11.9 Å². The Morgan fingerprint density at radius 3 is 2.12 bits per heavy atom. The van der Waals surface area contributed by atoms with Crippen molar-refractivity contribution in [2.45, 2.75) is 46.6 Å². The maximum absolute atomic E-state index is 12.4. The van der Waals surface area contributed by atoms with Crippen LogP contribution in [0.2, 0.25) is 0 Å². The average Bonchev–Trinajstić information content (AvgIpc) is 2.86. The Hall–Kier alpha value is -3.60. The molecule has 0 spiro atoms. The van der Waals surface area contributed by atoms with Crippen LogP contribution in [0.5, 0.6) is 11.5 Å². The summed E-state index contributed by atoms with van der Waals surface area (Å²) in [5, 5.41) is 9.29. The first kappa shape index (κ1) is 25.7. The molecule has 1 amide bonds. The van der Waals surface area contributed by atoms with E-state index in [1.165, 1.54) is 11.6 Å². The van der Waals surface area contributed by atoms with Crippen molar-refractivity contribution in [1.29, 1.82) is 0 Å². The molecule has 0 aromatic heterocycles. The van der Waals surface area contributed by atoms with E-state index in [-0.39, 0.29) is 11.5 Å². The molecule has 0 atom stereocenters. The first-order valence-electron chi connectivity index (χ1n) is 11.5. The summed E-state index contributed by atoms with van der Waals surface area (Å²) in [5.74, 6) is -0.0541. The highest BCUT2D eigenvalue weighted by molar-refractivity contribution is 5.90. The summed E-state index contributed by atoms with van der Waals surface area (Å²) in [7, 11) is 0. The van der Waals surface area contributed by atoms with E-state index in [1.54, 1.807) is 30.3 Å². The zero-order valence-corrected chi connectivity index (χ0v) is 19.7. The number of hydrogen-bond acceptors (Lipinski definition) is 3. The lowest BCUT2D eigenvalue weighted by Crippen LogP contribution is -2.31. The summed E-state index contributed by atoms with van der Waals surface area (Å²) < 4.78 is 5.75. The first-order chi connectivity index (χ1) is 16.1. The van der Waals surface area contributed by atoms with Crippen molar-refractivity contribution in [3.8, 4) is 11.5 Å². The van der Waals surface area contributed by atoms with Gasteiger partial charge in [-0.05, 0) is 48.2 Å². The van der Waals surface area contributed by atoms with E-state index in [0.717, 1.165) is 18.4 Å². The molecular weight excluding hydrogens is 414 g/mol. The minimum atomic E-state index is -1.03. The summed E-state index contributed by atoms with van der Waals surface area (Å²) in [4.78, 5) is 25.6. The van der Waals surface area contributed by atoms with Crippen LogP contribution in [0.15, 0.2) is 78.9 Å². The number of rotatable bonds is 10. The van der Waals surface area contributed by atoms with Gasteiger partial charge in [0.05, 0.1) is 0 Å². The molecule has 3 aromatic rings. The Morgan fingerprint density at radius 1 is 0.848 bits per heavy atom. The molecule has 0 radical (unpaired) electrons. The van der Waals surface area contributed by atoms with Gasteiger partial charge in [-0.15, -0.1) is 0 Å². The number of carbonyl (C=O) groups excluding carboxylic acids is 1. The molecule has 1 N–H and O–H groups in total. The molecule has 0 saturated carbocycles. The molecule has 0 unspecified atom stereocenters. The fourth-order valence-electron chi connectivity index (χ4n) is 3.38. The molecule has 0 aliphatic rings. The van der Waals surface area contributed by atoms with E-state index in [1.807, 2.05) is 56.0 Å². The molecule has 0 heterocycles. The summed E-state index contributed by atoms with van der Waals surface area (Å²) in [5.41, 5.74) is 2.39. The predicted octanol–water partition coefficient (Wildman–Crippen LogP) is 6.57. The summed E-state index contributed by atoms with van der Waals surface area (Å²) in [6.45, 7) is 7.11. The van der Waals surface area contributed by atoms with Crippen LogP contribution in [0.3, 0.4) is 0 Å². The average molecular weight is 448 g/mol. The van der Waals surface area contributed by atoms with Gasteiger partial charge in [-0.1, -0.05) is 75.4 Å². The van der Waals surface area contributed by atoms with Gasteiger partial charge in [-0.2, -0.15) is 0 Å². The first-order valence-corrected chi connectivity index (χ1v) is 11.5. The molecule has 5 heteroatoms. The van der Waals surface area contributed by atoms with Gasteiger partial charge < -0.3 is 14.7 Å². The maximum atomic E-state index is 12.4. The lowest BCUT2D eigenvalue weighted by molar-refractivity contribution is -0.131. The van der Waals surface area contributed by atoms with E-state index < -0.39 is 5.97 Å². The molecule has 0 saturated heterocycles. The molecule has 3 rings (SSSR count). The third-order valence-electron chi connectivity index (χ3n) is 5.03. The molecule has 0 aliphatic carbocycles. The van der Waals surface area contributed by atoms with Crippen molar-refractivity contribution in [3.63, 3.8) is 0 Å². The highest BCUT2D eigenvalue weighted by Crippen LogP contribution is 2.26. The van der Waals surface area contributed by atoms with Crippen molar-refractivity contribution in [2.75, 3.05) is 6.54 Å². The van der Waals surface area contributed by atoms with E-state index in [9.17, 15) is 14.7 Å². The fourth-order valence-corrected chi connectivity index (χ4v) is 3.38. The molecular formula is C28H33NO4. The maximum Gasteiger partial charge on any atom is 0.339 e. The van der Waals surface area contributed by atoms with Gasteiger partial charge in [0, 0.05) is 19.5 Å². The normalized spacial score (nSPS) is 10.0. The van der Waals surface area contributed by atoms with Crippen molar-refractivity contribution in [1.82, 2.24) is 4.90 Å². The van der Waals surface area contributed by atoms with Crippen molar-refractivity contribution in [3.05, 3.63) is 95.6 Å². The van der Waals surface area contributed by atoms with E-state index in [4.69, 9.17) is 4.74 Å². The number of carboxylic acid groups (broad SMARTS) is 1. The van der Waals surface area contributed by atoms with Gasteiger partial charge in [-0.25, -0.2) is 4.79 Å². The molecule has 174 valence electrons. The lowest BCUT2D eigenvalue weighted by atomic mass is 10.1. The number of carboxylic acids is 1. The number of amides is 1. The van der Waals surface area contributed by atoms with Crippen molar-refractivity contribution < 1.29 is 19.4 Å². The molecule has 0 bridgehead atoms. The predicted molar refractivity (Wildman–Crippen MR) is 132 cm³/mol. The highest BCUT2D eigenvalue weighted by Gasteiger charge is 2.13. The zero-order chi connectivity index (χ0) is 24.1. The number of aromatic carboxylic acids is 1. The number of nitrogens with zero attached hydrogens (tertiary/aromatic N) is 1. The minimum absolute atomic E-state index is 0.115. The Morgan fingerprint density at radius 2 is 1.48 bits per heavy atom. The highest BCUT2D eigenvalue weighted by atomic mass is 16.5. The van der Waals surface area contributed by atoms with Crippen LogP contribution < -0.4 is 4.74 Å². The SMILES string of the molecule is CC.CCC(=O)N(CCCc1ccccc1)Cc1ccc(Oc2ccccc2C(=O)O)cc1. The topological polar surface area (TPSA) is 66.8 Å². The van der Waals surface area contributed by atoms with Gasteiger partial charge in [0.1, 0.15) is 17.1 Å². The van der Waals surface area contributed by atoms with Gasteiger partial charge in [0.2, 0.25) is 5.91 Å². The summed E-state index contributed by atoms with van der Waals surface area (Å²) in [6.07, 6.45) is 2.31. The number of para-hydroxylation sites is 1. The van der Waals surface area contributed by atoms with E-state index in [0.29, 0.717) is 31.0 Å². The second-order valence-corrected chi connectivity index (χ2v) is 7.31. The number of benzene rings is 3. The molecule has 0 fully saturated rings. The van der Waals surface area contributed by atoms with Crippen LogP contribution in [0.4, 0.5) is 0 Å². The van der Waals surface area contributed by atoms with Crippen LogP contribution in [-0.4, -0.2) is 28.4 Å². The Balaban J connectivity index is 0.00000187. The third kappa shape index (κ3) is 8.11. The van der Waals surface area contributed by atoms with Gasteiger partial charge in [0.25, 0.3) is 0 Å². The van der Waals surface area contributed by atoms with Gasteiger partial charge in [0.15, 0.2) is 0 Å². The van der Waals surface area contributed by atoms with Crippen LogP contribution in [-0.2, 0) is 17.8 Å². The Kier molecular flexibility index (Phi) is 10.7. The van der Waals surface area contributed by atoms with E-state index >= 15 is 0 Å². The third-order valence-corrected chi connectivity index (χ3v) is 5.03. The standard InChI is InChI=1S/C26H27NO4.C2H6/c1-2-25(28)27(18-8-11-20-9-4-3-5-10-20)19-21-14-16-22(17-15-21)31-24-13-7-6-12-23(24)26(29)30;1-2/h3-7,9-10,12-17H,2,8,11,18-19H2,1H3,(H,29,30);1-2H3. The van der Waals surface area contributed by atoms with Crippen LogP contribution in [0.25, 0.3) is 0 Å². The number of hydrogen-bond donors (Lipinski definition) is 1. The monoisotopic (exact) mass is 447 g/mol. The van der Waals surface area contributed by atoms with Gasteiger partial charge in [-0.3, -0.25) is 4.79 Å². The van der Waals surface area contributed by atoms with Crippen LogP contribution >= 0.6 is 0 Å².